The third-order valence-electron chi connectivity index (χ3n) is 2.40. The highest BCUT2D eigenvalue weighted by molar-refractivity contribution is 6.33. The van der Waals surface area contributed by atoms with Gasteiger partial charge in [0.2, 0.25) is 0 Å². The van der Waals surface area contributed by atoms with Gasteiger partial charge in [-0.05, 0) is 18.2 Å². The number of halogens is 3. The lowest BCUT2D eigenvalue weighted by molar-refractivity contribution is 0.300. The molecule has 18 heavy (non-hydrogen) atoms. The number of hydrogen-bond acceptors (Lipinski definition) is 2. The van der Waals surface area contributed by atoms with Crippen LogP contribution in [0.3, 0.4) is 0 Å². The first-order valence-electron chi connectivity index (χ1n) is 5.18. The predicted octanol–water partition coefficient (Wildman–Crippen LogP) is 4.29. The fraction of sp³-hybridized carbons (Fsp3) is 0.0769. The van der Waals surface area contributed by atoms with Gasteiger partial charge in [0.25, 0.3) is 0 Å². The Morgan fingerprint density at radius 3 is 2.61 bits per heavy atom. The molecule has 0 unspecified atom stereocenters. The highest BCUT2D eigenvalue weighted by Crippen LogP contribution is 2.25. The van der Waals surface area contributed by atoms with Gasteiger partial charge in [0, 0.05) is 11.6 Å². The van der Waals surface area contributed by atoms with E-state index in [1.807, 2.05) is 0 Å². The van der Waals surface area contributed by atoms with Crippen LogP contribution in [0.25, 0.3) is 0 Å². The standard InChI is InChI=1S/C13H10Cl2FNO/c14-10-3-1-2-8(13(10)16)7-18-9-4-5-12(17)11(15)6-9/h1-6H,7,17H2. The van der Waals surface area contributed by atoms with Gasteiger partial charge in [0.05, 0.1) is 15.7 Å². The zero-order chi connectivity index (χ0) is 13.1. The first kappa shape index (κ1) is 13.0. The maximum Gasteiger partial charge on any atom is 0.148 e. The van der Waals surface area contributed by atoms with Gasteiger partial charge in [0.1, 0.15) is 18.2 Å². The predicted molar refractivity (Wildman–Crippen MR) is 71.6 cm³/mol. The highest BCUT2D eigenvalue weighted by Gasteiger charge is 2.07. The minimum atomic E-state index is -0.472. The van der Waals surface area contributed by atoms with Crippen molar-refractivity contribution >= 4 is 28.9 Å². The second-order valence-corrected chi connectivity index (χ2v) is 4.50. The molecule has 0 saturated carbocycles. The van der Waals surface area contributed by atoms with E-state index >= 15 is 0 Å². The molecule has 2 aromatic rings. The molecule has 2 nitrogen and oxygen atoms in total. The molecule has 0 saturated heterocycles. The molecule has 94 valence electrons. The maximum atomic E-state index is 13.6. The number of ether oxygens (including phenoxy) is 1. The lowest BCUT2D eigenvalue weighted by atomic mass is 10.2. The van der Waals surface area contributed by atoms with Crippen LogP contribution in [-0.2, 0) is 6.61 Å². The molecular formula is C13H10Cl2FNO. The molecule has 0 aromatic heterocycles. The molecule has 0 amide bonds. The van der Waals surface area contributed by atoms with E-state index < -0.39 is 5.82 Å². The van der Waals surface area contributed by atoms with Crippen molar-refractivity contribution in [1.82, 2.24) is 0 Å². The third-order valence-corrected chi connectivity index (χ3v) is 3.02. The molecule has 5 heteroatoms. The zero-order valence-electron chi connectivity index (χ0n) is 9.29. The lowest BCUT2D eigenvalue weighted by Crippen LogP contribution is -1.99. The monoisotopic (exact) mass is 285 g/mol. The van der Waals surface area contributed by atoms with E-state index in [4.69, 9.17) is 33.7 Å². The minimum absolute atomic E-state index is 0.0754. The number of nitrogen functional groups attached to an aromatic ring is 1. The first-order chi connectivity index (χ1) is 8.58. The summed E-state index contributed by atoms with van der Waals surface area (Å²) in [5.41, 5.74) is 6.43. The Hall–Kier alpha value is -1.45. The van der Waals surface area contributed by atoms with Crippen LogP contribution in [0.5, 0.6) is 5.75 Å². The molecule has 0 aliphatic heterocycles. The van der Waals surface area contributed by atoms with E-state index in [9.17, 15) is 4.39 Å². The summed E-state index contributed by atoms with van der Waals surface area (Å²) in [5.74, 6) is 0.0503. The smallest absolute Gasteiger partial charge is 0.148 e. The second-order valence-electron chi connectivity index (χ2n) is 3.68. The van der Waals surface area contributed by atoms with E-state index in [1.54, 1.807) is 30.3 Å². The van der Waals surface area contributed by atoms with Crippen molar-refractivity contribution in [3.05, 3.63) is 57.8 Å². The van der Waals surface area contributed by atoms with Crippen molar-refractivity contribution < 1.29 is 9.13 Å². The van der Waals surface area contributed by atoms with Crippen LogP contribution < -0.4 is 10.5 Å². The summed E-state index contributed by atoms with van der Waals surface area (Å²) in [5, 5.41) is 0.477. The van der Waals surface area contributed by atoms with E-state index in [2.05, 4.69) is 0 Å². The number of benzene rings is 2. The van der Waals surface area contributed by atoms with E-state index in [0.717, 1.165) is 0 Å². The summed E-state index contributed by atoms with van der Waals surface area (Å²) in [6, 6.07) is 9.65. The van der Waals surface area contributed by atoms with E-state index in [-0.39, 0.29) is 11.6 Å². The molecule has 2 aromatic carbocycles. The maximum absolute atomic E-state index is 13.6. The number of anilines is 1. The van der Waals surface area contributed by atoms with Crippen LogP contribution in [0.1, 0.15) is 5.56 Å². The van der Waals surface area contributed by atoms with Gasteiger partial charge in [-0.25, -0.2) is 4.39 Å². The van der Waals surface area contributed by atoms with E-state index in [1.165, 1.54) is 6.07 Å². The Kier molecular flexibility index (Phi) is 3.94. The van der Waals surface area contributed by atoms with Crippen LogP contribution in [-0.4, -0.2) is 0 Å². The first-order valence-corrected chi connectivity index (χ1v) is 5.94. The molecule has 0 aliphatic rings. The van der Waals surface area contributed by atoms with Crippen molar-refractivity contribution in [1.29, 1.82) is 0 Å². The number of rotatable bonds is 3. The Morgan fingerprint density at radius 1 is 1.11 bits per heavy atom. The van der Waals surface area contributed by atoms with Crippen LogP contribution in [0.4, 0.5) is 10.1 Å². The molecule has 2 rings (SSSR count). The average molecular weight is 286 g/mol. The van der Waals surface area contributed by atoms with Crippen molar-refractivity contribution in [2.45, 2.75) is 6.61 Å². The topological polar surface area (TPSA) is 35.2 Å². The lowest BCUT2D eigenvalue weighted by Gasteiger charge is -2.08. The van der Waals surface area contributed by atoms with Crippen molar-refractivity contribution in [2.24, 2.45) is 0 Å². The van der Waals surface area contributed by atoms with Crippen molar-refractivity contribution in [2.75, 3.05) is 5.73 Å². The molecule has 0 aliphatic carbocycles. The summed E-state index contributed by atoms with van der Waals surface area (Å²) in [6.07, 6.45) is 0. The quantitative estimate of drug-likeness (QED) is 0.854. The second kappa shape index (κ2) is 5.46. The molecule has 0 bridgehead atoms. The van der Waals surface area contributed by atoms with Gasteiger partial charge in [-0.15, -0.1) is 0 Å². The SMILES string of the molecule is Nc1ccc(OCc2cccc(Cl)c2F)cc1Cl. The molecule has 0 atom stereocenters. The fourth-order valence-electron chi connectivity index (χ4n) is 1.42. The average Bonchev–Trinajstić information content (AvgIpc) is 2.35. The van der Waals surface area contributed by atoms with Gasteiger partial charge in [0.15, 0.2) is 0 Å². The van der Waals surface area contributed by atoms with Crippen molar-refractivity contribution in [3.8, 4) is 5.75 Å². The zero-order valence-corrected chi connectivity index (χ0v) is 10.8. The summed E-state index contributed by atoms with van der Waals surface area (Å²) in [7, 11) is 0. The minimum Gasteiger partial charge on any atom is -0.489 e. The third kappa shape index (κ3) is 2.86. The Bertz CT molecular complexity index is 575. The fourth-order valence-corrected chi connectivity index (χ4v) is 1.78. The van der Waals surface area contributed by atoms with Crippen molar-refractivity contribution in [3.63, 3.8) is 0 Å². The summed E-state index contributed by atoms with van der Waals surface area (Å²) in [4.78, 5) is 0. The van der Waals surface area contributed by atoms with Gasteiger partial charge < -0.3 is 10.5 Å². The van der Waals surface area contributed by atoms with Crippen LogP contribution in [0.15, 0.2) is 36.4 Å². The Labute approximate surface area is 114 Å². The number of hydrogen-bond donors (Lipinski definition) is 1. The Morgan fingerprint density at radius 2 is 1.89 bits per heavy atom. The molecular weight excluding hydrogens is 276 g/mol. The van der Waals surface area contributed by atoms with Crippen LogP contribution >= 0.6 is 23.2 Å². The van der Waals surface area contributed by atoms with Gasteiger partial charge in [-0.2, -0.15) is 0 Å². The summed E-state index contributed by atoms with van der Waals surface area (Å²) >= 11 is 11.5. The highest BCUT2D eigenvalue weighted by atomic mass is 35.5. The van der Waals surface area contributed by atoms with Gasteiger partial charge >= 0.3 is 0 Å². The van der Waals surface area contributed by atoms with E-state index in [0.29, 0.717) is 22.0 Å². The Balaban J connectivity index is 2.11. The number of nitrogens with two attached hydrogens (primary N) is 1. The normalized spacial score (nSPS) is 10.4. The molecule has 0 fully saturated rings. The largest absolute Gasteiger partial charge is 0.489 e. The van der Waals surface area contributed by atoms with Crippen LogP contribution in [0, 0.1) is 5.82 Å². The van der Waals surface area contributed by atoms with Gasteiger partial charge in [-0.1, -0.05) is 35.3 Å². The van der Waals surface area contributed by atoms with Gasteiger partial charge in [-0.3, -0.25) is 0 Å². The summed E-state index contributed by atoms with van der Waals surface area (Å²) in [6.45, 7) is 0.0760. The molecule has 0 radical (unpaired) electrons. The summed E-state index contributed by atoms with van der Waals surface area (Å²) < 4.78 is 19.0. The molecule has 2 N–H and O–H groups in total. The molecule has 0 heterocycles. The molecule has 0 spiro atoms. The van der Waals surface area contributed by atoms with Crippen LogP contribution in [0.2, 0.25) is 10.0 Å².